The van der Waals surface area contributed by atoms with Crippen LogP contribution in [-0.4, -0.2) is 47.7 Å². The quantitative estimate of drug-likeness (QED) is 0.157. The maximum absolute atomic E-state index is 11.4. The van der Waals surface area contributed by atoms with E-state index in [1.54, 1.807) is 37.6 Å². The Hall–Kier alpha value is -2.52. The average molecular weight is 436 g/mol. The summed E-state index contributed by atoms with van der Waals surface area (Å²) in [4.78, 5) is 0.637. The predicted octanol–water partition coefficient (Wildman–Crippen LogP) is 3.56. The van der Waals surface area contributed by atoms with Crippen molar-refractivity contribution < 1.29 is 19.1 Å². The molecule has 0 aliphatic rings. The number of hydrogen-bond donors (Lipinski definition) is 4. The smallest absolute Gasteiger partial charge is 0.152 e. The number of aliphatic hydroxyl groups is 1. The van der Waals surface area contributed by atoms with Crippen LogP contribution in [0.2, 0.25) is 5.02 Å². The lowest BCUT2D eigenvalue weighted by Gasteiger charge is -2.13. The Balaban J connectivity index is 2.20. The molecule has 29 heavy (non-hydrogen) atoms. The molecule has 154 valence electrons. The molecule has 0 aliphatic heterocycles. The number of aliphatic hydroxyl groups excluding tert-OH is 1. The Morgan fingerprint density at radius 2 is 1.90 bits per heavy atom. The molecular formula is C20H22ClN3O4S. The van der Waals surface area contributed by atoms with Gasteiger partial charge in [0.1, 0.15) is 30.1 Å². The summed E-state index contributed by atoms with van der Waals surface area (Å²) in [5.41, 5.74) is 6.63. The number of nitrogen functional groups attached to an aromatic ring is 1. The van der Waals surface area contributed by atoms with E-state index in [1.807, 2.05) is 0 Å². The maximum Gasteiger partial charge on any atom is 0.152 e. The molecule has 1 atom stereocenters. The Morgan fingerprint density at radius 1 is 1.24 bits per heavy atom. The number of hydrogen-bond acceptors (Lipinski definition) is 7. The van der Waals surface area contributed by atoms with Crippen molar-refractivity contribution in [3.8, 4) is 5.75 Å². The van der Waals surface area contributed by atoms with Gasteiger partial charge in [-0.1, -0.05) is 11.6 Å². The predicted molar refractivity (Wildman–Crippen MR) is 116 cm³/mol. The van der Waals surface area contributed by atoms with E-state index < -0.39 is 16.9 Å². The van der Waals surface area contributed by atoms with Crippen molar-refractivity contribution in [3.05, 3.63) is 64.4 Å². The van der Waals surface area contributed by atoms with Crippen LogP contribution in [0.25, 0.3) is 0 Å². The van der Waals surface area contributed by atoms with Crippen LogP contribution in [0.4, 0.5) is 5.69 Å². The fourth-order valence-corrected chi connectivity index (χ4v) is 3.13. The lowest BCUT2D eigenvalue weighted by molar-refractivity contribution is 0.146. The number of nitrogens with one attached hydrogen (secondary N) is 2. The second kappa shape index (κ2) is 10.3. The molecule has 7 nitrogen and oxygen atoms in total. The molecule has 0 spiro atoms. The molecule has 2 aromatic carbocycles. The molecule has 0 fully saturated rings. The topological polar surface area (TPSA) is 135 Å². The minimum Gasteiger partial charge on any atom is -0.612 e. The monoisotopic (exact) mass is 435 g/mol. The van der Waals surface area contributed by atoms with Gasteiger partial charge in [0.25, 0.3) is 0 Å². The lowest BCUT2D eigenvalue weighted by Crippen LogP contribution is -2.10. The molecule has 0 bridgehead atoms. The normalized spacial score (nSPS) is 12.5. The second-order valence-corrected chi connectivity index (χ2v) is 7.79. The minimum atomic E-state index is -1.12. The zero-order valence-corrected chi connectivity index (χ0v) is 17.6. The summed E-state index contributed by atoms with van der Waals surface area (Å²) in [7, 11) is 1.55. The van der Waals surface area contributed by atoms with Gasteiger partial charge in [0, 0.05) is 30.5 Å². The summed E-state index contributed by atoms with van der Waals surface area (Å²) in [6, 6.07) is 9.46. The van der Waals surface area contributed by atoms with Gasteiger partial charge in [-0.3, -0.25) is 5.41 Å². The van der Waals surface area contributed by atoms with Crippen molar-refractivity contribution in [3.63, 3.8) is 0 Å². The van der Waals surface area contributed by atoms with E-state index in [0.29, 0.717) is 29.4 Å². The van der Waals surface area contributed by atoms with Crippen molar-refractivity contribution in [2.24, 2.45) is 0 Å². The molecule has 0 heterocycles. The van der Waals surface area contributed by atoms with Gasteiger partial charge in [-0.2, -0.15) is 0 Å². The fourth-order valence-electron chi connectivity index (χ4n) is 2.39. The zero-order chi connectivity index (χ0) is 21.6. The summed E-state index contributed by atoms with van der Waals surface area (Å²) in [5.74, 6) is -0.0867. The molecule has 0 saturated heterocycles. The van der Waals surface area contributed by atoms with Crippen molar-refractivity contribution >= 4 is 39.9 Å². The summed E-state index contributed by atoms with van der Waals surface area (Å²) < 4.78 is 21.8. The summed E-state index contributed by atoms with van der Waals surface area (Å²) in [5, 5.41) is 26.9. The molecular weight excluding hydrogens is 414 g/mol. The summed E-state index contributed by atoms with van der Waals surface area (Å²) >= 11 is 5.07. The van der Waals surface area contributed by atoms with Gasteiger partial charge in [0.05, 0.1) is 17.3 Å². The number of anilines is 1. The van der Waals surface area contributed by atoms with Gasteiger partial charge >= 0.3 is 0 Å². The van der Waals surface area contributed by atoms with Gasteiger partial charge in [0.2, 0.25) is 0 Å². The lowest BCUT2D eigenvalue weighted by atomic mass is 10.0. The van der Waals surface area contributed by atoms with Gasteiger partial charge in [-0.05, 0) is 47.1 Å². The average Bonchev–Trinajstić information content (AvgIpc) is 2.69. The highest BCUT2D eigenvalue weighted by Crippen LogP contribution is 2.31. The van der Waals surface area contributed by atoms with E-state index in [2.05, 4.69) is 0 Å². The minimum absolute atomic E-state index is 0.00938. The third kappa shape index (κ3) is 5.98. The fraction of sp³-hybridized carbons (Fsp3) is 0.200. The molecule has 0 aromatic heterocycles. The van der Waals surface area contributed by atoms with Crippen LogP contribution in [0.1, 0.15) is 11.1 Å². The first-order valence-corrected chi connectivity index (χ1v) is 10.4. The highest BCUT2D eigenvalue weighted by Gasteiger charge is 2.15. The molecule has 5 N–H and O–H groups in total. The molecule has 0 radical (unpaired) electrons. The highest BCUT2D eigenvalue weighted by molar-refractivity contribution is 7.90. The van der Waals surface area contributed by atoms with E-state index in [1.165, 1.54) is 12.1 Å². The number of benzene rings is 2. The van der Waals surface area contributed by atoms with E-state index in [9.17, 15) is 9.66 Å². The van der Waals surface area contributed by atoms with Gasteiger partial charge in [-0.15, -0.1) is 0 Å². The van der Waals surface area contributed by atoms with Crippen LogP contribution >= 0.6 is 11.6 Å². The van der Waals surface area contributed by atoms with Crippen molar-refractivity contribution in [2.45, 2.75) is 4.90 Å². The van der Waals surface area contributed by atoms with E-state index >= 15 is 0 Å². The number of methoxy groups -OCH3 is 1. The Kier molecular flexibility index (Phi) is 8.10. The van der Waals surface area contributed by atoms with Crippen LogP contribution in [0.3, 0.4) is 0 Å². The maximum atomic E-state index is 11.4. The molecule has 0 aliphatic carbocycles. The van der Waals surface area contributed by atoms with Crippen molar-refractivity contribution in [2.75, 3.05) is 32.3 Å². The summed E-state index contributed by atoms with van der Waals surface area (Å²) in [6.45, 7) is 0.674. The molecule has 9 heteroatoms. The summed E-state index contributed by atoms with van der Waals surface area (Å²) in [6.07, 6.45) is 2.72. The number of halogens is 1. The number of nitrogens with two attached hydrogens (primary N) is 1. The van der Waals surface area contributed by atoms with Crippen LogP contribution < -0.4 is 10.5 Å². The standard InChI is InChI=1S/C20H22ClN3O4S/c1-27-7-8-28-19-11-17(23)14(9-15(19)21)20(24)18(25)10-16(22)12-3-5-13(6-4-12)29(2)26/h3-6,9-11,22,24-25H,7-8,23H2,1-2H3/b18-10-,22-16?,24-20?. The third-order valence-corrected chi connectivity index (χ3v) is 5.18. The first-order valence-electron chi connectivity index (χ1n) is 8.47. The van der Waals surface area contributed by atoms with Crippen LogP contribution in [-0.2, 0) is 15.9 Å². The van der Waals surface area contributed by atoms with E-state index in [4.69, 9.17) is 37.6 Å². The Bertz CT molecular complexity index is 930. The molecule has 0 amide bonds. The molecule has 2 aromatic rings. The highest BCUT2D eigenvalue weighted by atomic mass is 35.5. The molecule has 0 saturated carbocycles. The van der Waals surface area contributed by atoms with Crippen LogP contribution in [0, 0.1) is 10.8 Å². The number of allylic oxidation sites excluding steroid dienone is 2. The Morgan fingerprint density at radius 3 is 2.48 bits per heavy atom. The van der Waals surface area contributed by atoms with Gasteiger partial charge < -0.3 is 30.3 Å². The van der Waals surface area contributed by atoms with E-state index in [-0.39, 0.29) is 27.7 Å². The number of ether oxygens (including phenoxy) is 2. The van der Waals surface area contributed by atoms with Gasteiger partial charge in [0.15, 0.2) is 4.90 Å². The molecule has 1 unspecified atom stereocenters. The van der Waals surface area contributed by atoms with Crippen molar-refractivity contribution in [1.82, 2.24) is 0 Å². The van der Waals surface area contributed by atoms with Crippen LogP contribution in [0.15, 0.2) is 53.1 Å². The van der Waals surface area contributed by atoms with Gasteiger partial charge in [-0.25, -0.2) is 0 Å². The molecule has 2 rings (SSSR count). The Labute approximate surface area is 177 Å². The van der Waals surface area contributed by atoms with E-state index in [0.717, 1.165) is 6.08 Å². The third-order valence-electron chi connectivity index (χ3n) is 3.95. The number of rotatable bonds is 9. The largest absolute Gasteiger partial charge is 0.612 e. The second-order valence-electron chi connectivity index (χ2n) is 6.01. The zero-order valence-electron chi connectivity index (χ0n) is 16.0. The first kappa shape index (κ1) is 22.8. The van der Waals surface area contributed by atoms with Crippen LogP contribution in [0.5, 0.6) is 5.75 Å². The first-order chi connectivity index (χ1) is 13.7. The van der Waals surface area contributed by atoms with Crippen molar-refractivity contribution in [1.29, 1.82) is 10.8 Å². The SMILES string of the molecule is COCCOc1cc(N)c(C(=N)/C(O)=C/C(=N)c2ccc([S+](C)[O-])cc2)cc1Cl.